The molecule has 9 heteroatoms. The molecular weight excluding hydrogens is 332 g/mol. The topological polar surface area (TPSA) is 121 Å². The third-order valence-electron chi connectivity index (χ3n) is 3.68. The van der Waals surface area contributed by atoms with Crippen molar-refractivity contribution in [3.05, 3.63) is 47.3 Å². The number of carbonyl (C=O) groups is 2. The van der Waals surface area contributed by atoms with Gasteiger partial charge in [-0.3, -0.25) is 25.5 Å². The van der Waals surface area contributed by atoms with Crippen LogP contribution in [0.5, 0.6) is 0 Å². The number of amides is 2. The lowest BCUT2D eigenvalue weighted by Gasteiger charge is -2.06. The SMILES string of the molecule is CS(=O)(=O)c1ccc(C(=O)NNC(=O)c2cc(C3CC3)[nH]n2)cc1. The normalized spacial score (nSPS) is 14.2. The highest BCUT2D eigenvalue weighted by Crippen LogP contribution is 2.38. The minimum atomic E-state index is -3.32. The summed E-state index contributed by atoms with van der Waals surface area (Å²) < 4.78 is 22.7. The third kappa shape index (κ3) is 3.62. The highest BCUT2D eigenvalue weighted by molar-refractivity contribution is 7.90. The molecule has 0 saturated heterocycles. The standard InChI is InChI=1S/C15H16N4O4S/c1-24(22,23)11-6-4-10(5-7-11)14(20)18-19-15(21)13-8-12(16-17-13)9-2-3-9/h4-9H,2-3H2,1H3,(H,16,17)(H,18,20)(H,19,21). The molecule has 3 N–H and O–H groups in total. The van der Waals surface area contributed by atoms with Gasteiger partial charge in [-0.05, 0) is 43.2 Å². The zero-order valence-corrected chi connectivity index (χ0v) is 13.7. The van der Waals surface area contributed by atoms with E-state index in [1.54, 1.807) is 6.07 Å². The Morgan fingerprint density at radius 3 is 2.33 bits per heavy atom. The highest BCUT2D eigenvalue weighted by Gasteiger charge is 2.26. The first-order valence-electron chi connectivity index (χ1n) is 7.31. The molecule has 1 aromatic heterocycles. The number of nitrogens with one attached hydrogen (secondary N) is 3. The number of hydrazine groups is 1. The Labute approximate surface area is 138 Å². The predicted molar refractivity (Wildman–Crippen MR) is 85.0 cm³/mol. The van der Waals surface area contributed by atoms with Gasteiger partial charge in [0.1, 0.15) is 0 Å². The van der Waals surface area contributed by atoms with Crippen LogP contribution in [0.15, 0.2) is 35.2 Å². The van der Waals surface area contributed by atoms with E-state index < -0.39 is 21.7 Å². The van der Waals surface area contributed by atoms with E-state index in [2.05, 4.69) is 21.0 Å². The first kappa shape index (κ1) is 16.2. The molecule has 2 aromatic rings. The number of hydrogen-bond donors (Lipinski definition) is 3. The number of sulfone groups is 1. The van der Waals surface area contributed by atoms with E-state index in [4.69, 9.17) is 0 Å². The fourth-order valence-electron chi connectivity index (χ4n) is 2.16. The summed E-state index contributed by atoms with van der Waals surface area (Å²) in [7, 11) is -3.32. The van der Waals surface area contributed by atoms with Crippen molar-refractivity contribution in [2.45, 2.75) is 23.7 Å². The van der Waals surface area contributed by atoms with Crippen molar-refractivity contribution in [1.29, 1.82) is 0 Å². The molecule has 24 heavy (non-hydrogen) atoms. The van der Waals surface area contributed by atoms with Crippen LogP contribution in [0.1, 0.15) is 45.3 Å². The minimum absolute atomic E-state index is 0.118. The molecule has 0 atom stereocenters. The Kier molecular flexibility index (Phi) is 4.10. The molecule has 1 heterocycles. The summed E-state index contributed by atoms with van der Waals surface area (Å²) in [6, 6.07) is 7.08. The van der Waals surface area contributed by atoms with Gasteiger partial charge in [0.25, 0.3) is 11.8 Å². The first-order valence-corrected chi connectivity index (χ1v) is 9.20. The van der Waals surface area contributed by atoms with Crippen molar-refractivity contribution in [2.24, 2.45) is 0 Å². The van der Waals surface area contributed by atoms with E-state index in [1.165, 1.54) is 24.3 Å². The molecule has 0 spiro atoms. The van der Waals surface area contributed by atoms with Crippen LogP contribution < -0.4 is 10.9 Å². The van der Waals surface area contributed by atoms with Gasteiger partial charge in [0.15, 0.2) is 15.5 Å². The predicted octanol–water partition coefficient (Wildman–Crippen LogP) is 0.765. The number of aromatic amines is 1. The lowest BCUT2D eigenvalue weighted by molar-refractivity contribution is 0.0844. The molecule has 0 unspecified atom stereocenters. The molecule has 1 saturated carbocycles. The number of H-pyrrole nitrogens is 1. The van der Waals surface area contributed by atoms with Crippen LogP contribution in [0.4, 0.5) is 0 Å². The minimum Gasteiger partial charge on any atom is -0.281 e. The number of carbonyl (C=O) groups excluding carboxylic acids is 2. The molecule has 0 bridgehead atoms. The number of hydrogen-bond acceptors (Lipinski definition) is 5. The van der Waals surface area contributed by atoms with Crippen molar-refractivity contribution in [3.8, 4) is 0 Å². The van der Waals surface area contributed by atoms with Gasteiger partial charge < -0.3 is 0 Å². The van der Waals surface area contributed by atoms with Crippen LogP contribution >= 0.6 is 0 Å². The van der Waals surface area contributed by atoms with Gasteiger partial charge in [0.05, 0.1) is 4.90 Å². The molecule has 3 rings (SSSR count). The van der Waals surface area contributed by atoms with Gasteiger partial charge in [0.2, 0.25) is 0 Å². The lowest BCUT2D eigenvalue weighted by Crippen LogP contribution is -2.41. The molecular formula is C15H16N4O4S. The Hall–Kier alpha value is -2.68. The fourth-order valence-corrected chi connectivity index (χ4v) is 2.79. The maximum Gasteiger partial charge on any atom is 0.290 e. The number of rotatable bonds is 4. The second kappa shape index (κ2) is 6.08. The van der Waals surface area contributed by atoms with E-state index in [0.717, 1.165) is 24.8 Å². The van der Waals surface area contributed by atoms with Gasteiger partial charge in [0, 0.05) is 23.4 Å². The van der Waals surface area contributed by atoms with Crippen LogP contribution in [0.2, 0.25) is 0 Å². The molecule has 1 aromatic carbocycles. The Morgan fingerprint density at radius 1 is 1.12 bits per heavy atom. The Balaban J connectivity index is 1.59. The summed E-state index contributed by atoms with van der Waals surface area (Å²) in [5.74, 6) is -0.636. The van der Waals surface area contributed by atoms with Crippen molar-refractivity contribution >= 4 is 21.7 Å². The number of benzene rings is 1. The first-order chi connectivity index (χ1) is 11.3. The largest absolute Gasteiger partial charge is 0.290 e. The van der Waals surface area contributed by atoms with Gasteiger partial charge in [-0.2, -0.15) is 5.10 Å². The molecule has 1 aliphatic carbocycles. The van der Waals surface area contributed by atoms with Gasteiger partial charge in [-0.15, -0.1) is 0 Å². The maximum absolute atomic E-state index is 12.0. The van der Waals surface area contributed by atoms with E-state index in [9.17, 15) is 18.0 Å². The van der Waals surface area contributed by atoms with Crippen molar-refractivity contribution in [2.75, 3.05) is 6.26 Å². The maximum atomic E-state index is 12.0. The Morgan fingerprint density at radius 2 is 1.75 bits per heavy atom. The molecule has 0 aliphatic heterocycles. The molecule has 1 aliphatic rings. The zero-order chi connectivity index (χ0) is 17.3. The summed E-state index contributed by atoms with van der Waals surface area (Å²) in [5.41, 5.74) is 5.89. The van der Waals surface area contributed by atoms with Crippen LogP contribution in [-0.4, -0.2) is 36.7 Å². The third-order valence-corrected chi connectivity index (χ3v) is 4.81. The number of aromatic nitrogens is 2. The summed E-state index contributed by atoms with van der Waals surface area (Å²) >= 11 is 0. The smallest absolute Gasteiger partial charge is 0.281 e. The van der Waals surface area contributed by atoms with E-state index in [0.29, 0.717) is 5.92 Å². The molecule has 1 fully saturated rings. The van der Waals surface area contributed by atoms with Crippen molar-refractivity contribution < 1.29 is 18.0 Å². The second-order valence-electron chi connectivity index (χ2n) is 5.69. The zero-order valence-electron chi connectivity index (χ0n) is 12.9. The number of nitrogens with zero attached hydrogens (tertiary/aromatic N) is 1. The average Bonchev–Trinajstić information content (AvgIpc) is 3.28. The fraction of sp³-hybridized carbons (Fsp3) is 0.267. The Bertz CT molecular complexity index is 882. The van der Waals surface area contributed by atoms with Crippen LogP contribution in [0.3, 0.4) is 0 Å². The molecule has 126 valence electrons. The lowest BCUT2D eigenvalue weighted by atomic mass is 10.2. The van der Waals surface area contributed by atoms with Crippen molar-refractivity contribution in [1.82, 2.24) is 21.0 Å². The van der Waals surface area contributed by atoms with Gasteiger partial charge >= 0.3 is 0 Å². The molecule has 2 amide bonds. The van der Waals surface area contributed by atoms with Crippen LogP contribution in [-0.2, 0) is 9.84 Å². The van der Waals surface area contributed by atoms with E-state index in [-0.39, 0.29) is 16.2 Å². The summed E-state index contributed by atoms with van der Waals surface area (Å²) in [6.07, 6.45) is 3.26. The van der Waals surface area contributed by atoms with Gasteiger partial charge in [-0.1, -0.05) is 0 Å². The highest BCUT2D eigenvalue weighted by atomic mass is 32.2. The van der Waals surface area contributed by atoms with Crippen LogP contribution in [0, 0.1) is 0 Å². The molecule has 8 nitrogen and oxygen atoms in total. The van der Waals surface area contributed by atoms with Crippen molar-refractivity contribution in [3.63, 3.8) is 0 Å². The second-order valence-corrected chi connectivity index (χ2v) is 7.70. The monoisotopic (exact) mass is 348 g/mol. The summed E-state index contributed by atoms with van der Waals surface area (Å²) in [6.45, 7) is 0. The molecule has 0 radical (unpaired) electrons. The van der Waals surface area contributed by atoms with Crippen LogP contribution in [0.25, 0.3) is 0 Å². The quantitative estimate of drug-likeness (QED) is 0.705. The summed E-state index contributed by atoms with van der Waals surface area (Å²) in [5, 5.41) is 6.72. The van der Waals surface area contributed by atoms with E-state index in [1.807, 2.05) is 0 Å². The van der Waals surface area contributed by atoms with Gasteiger partial charge in [-0.25, -0.2) is 8.42 Å². The van der Waals surface area contributed by atoms with E-state index >= 15 is 0 Å². The average molecular weight is 348 g/mol. The summed E-state index contributed by atoms with van der Waals surface area (Å²) in [4.78, 5) is 24.0.